The van der Waals surface area contributed by atoms with Crippen LogP contribution in [0.25, 0.3) is 5.78 Å². The van der Waals surface area contributed by atoms with Gasteiger partial charge in [0.15, 0.2) is 0 Å². The monoisotopic (exact) mass is 431 g/mol. The molecule has 0 radical (unpaired) electrons. The van der Waals surface area contributed by atoms with Crippen molar-refractivity contribution in [3.63, 3.8) is 0 Å². The Morgan fingerprint density at radius 3 is 2.35 bits per heavy atom. The highest BCUT2D eigenvalue weighted by atomic mass is 32.2. The number of amides is 1. The fourth-order valence-corrected chi connectivity index (χ4v) is 4.15. The first-order chi connectivity index (χ1) is 15.1. The highest BCUT2D eigenvalue weighted by Gasteiger charge is 2.17. The van der Waals surface area contributed by atoms with Crippen molar-refractivity contribution in [1.82, 2.24) is 24.5 Å². The summed E-state index contributed by atoms with van der Waals surface area (Å²) in [4.78, 5) is 23.9. The molecule has 0 bridgehead atoms. The third-order valence-corrected chi connectivity index (χ3v) is 5.83. The molecule has 0 fully saturated rings. The number of hydrogen-bond donors (Lipinski definition) is 0. The molecular formula is C24H25N5OS. The van der Waals surface area contributed by atoms with Crippen molar-refractivity contribution in [2.45, 2.75) is 32.0 Å². The summed E-state index contributed by atoms with van der Waals surface area (Å²) in [5.74, 6) is 0.929. The van der Waals surface area contributed by atoms with Gasteiger partial charge in [-0.15, -0.1) is 5.10 Å². The van der Waals surface area contributed by atoms with Crippen molar-refractivity contribution in [2.24, 2.45) is 0 Å². The third-order valence-electron chi connectivity index (χ3n) is 5.01. The molecule has 6 nitrogen and oxygen atoms in total. The van der Waals surface area contributed by atoms with Gasteiger partial charge in [0, 0.05) is 24.5 Å². The van der Waals surface area contributed by atoms with E-state index in [0.717, 1.165) is 23.4 Å². The number of fused-ring (bicyclic) bond motifs is 1. The van der Waals surface area contributed by atoms with Crippen LogP contribution < -0.4 is 0 Å². The first kappa shape index (κ1) is 21.1. The zero-order valence-electron chi connectivity index (χ0n) is 17.7. The highest BCUT2D eigenvalue weighted by molar-refractivity contribution is 7.99. The van der Waals surface area contributed by atoms with Gasteiger partial charge in [-0.1, -0.05) is 72.4 Å². The van der Waals surface area contributed by atoms with E-state index in [1.165, 1.54) is 17.3 Å². The van der Waals surface area contributed by atoms with Crippen molar-refractivity contribution in [1.29, 1.82) is 0 Å². The minimum atomic E-state index is 0.0736. The molecule has 0 atom stereocenters. The van der Waals surface area contributed by atoms with Crippen LogP contribution >= 0.6 is 11.8 Å². The zero-order valence-corrected chi connectivity index (χ0v) is 18.5. The summed E-state index contributed by atoms with van der Waals surface area (Å²) in [7, 11) is 0. The topological polar surface area (TPSA) is 63.4 Å². The van der Waals surface area contributed by atoms with E-state index in [2.05, 4.69) is 39.3 Å². The predicted octanol–water partition coefficient (Wildman–Crippen LogP) is 4.10. The van der Waals surface area contributed by atoms with Crippen LogP contribution in [0.5, 0.6) is 0 Å². The molecule has 31 heavy (non-hydrogen) atoms. The van der Waals surface area contributed by atoms with Gasteiger partial charge in [0.05, 0.1) is 5.75 Å². The molecule has 0 aliphatic rings. The second kappa shape index (κ2) is 9.75. The Balaban J connectivity index is 1.45. The SMILES string of the molecule is Cc1cc(C)n2nc(SCC(=O)N(CCc3ccccc3)Cc3ccccc3)nc2n1. The minimum absolute atomic E-state index is 0.0736. The summed E-state index contributed by atoms with van der Waals surface area (Å²) in [6.07, 6.45) is 0.819. The number of carbonyl (C=O) groups is 1. The molecule has 4 aromatic rings. The summed E-state index contributed by atoms with van der Waals surface area (Å²) in [5, 5.41) is 5.06. The maximum absolute atomic E-state index is 13.1. The lowest BCUT2D eigenvalue weighted by Gasteiger charge is -2.23. The van der Waals surface area contributed by atoms with Gasteiger partial charge in [0.1, 0.15) is 0 Å². The molecule has 0 N–H and O–H groups in total. The number of hydrogen-bond acceptors (Lipinski definition) is 5. The fraction of sp³-hybridized carbons (Fsp3) is 0.250. The lowest BCUT2D eigenvalue weighted by Crippen LogP contribution is -2.33. The van der Waals surface area contributed by atoms with E-state index in [0.29, 0.717) is 24.0 Å². The first-order valence-electron chi connectivity index (χ1n) is 10.3. The number of carbonyl (C=O) groups excluding carboxylic acids is 1. The van der Waals surface area contributed by atoms with Crippen LogP contribution in [0.4, 0.5) is 0 Å². The van der Waals surface area contributed by atoms with Gasteiger partial charge < -0.3 is 4.90 Å². The number of thioether (sulfide) groups is 1. The molecule has 158 valence electrons. The number of benzene rings is 2. The first-order valence-corrected chi connectivity index (χ1v) is 11.3. The quantitative estimate of drug-likeness (QED) is 0.393. The van der Waals surface area contributed by atoms with Crippen LogP contribution in [-0.4, -0.2) is 42.7 Å². The maximum Gasteiger partial charge on any atom is 0.253 e. The van der Waals surface area contributed by atoms with Crippen LogP contribution in [0.3, 0.4) is 0 Å². The zero-order chi connectivity index (χ0) is 21.6. The van der Waals surface area contributed by atoms with Crippen molar-refractivity contribution >= 4 is 23.4 Å². The number of rotatable bonds is 8. The van der Waals surface area contributed by atoms with Crippen molar-refractivity contribution in [3.05, 3.63) is 89.2 Å². The number of aryl methyl sites for hydroxylation is 2. The number of nitrogens with zero attached hydrogens (tertiary/aromatic N) is 5. The second-order valence-corrected chi connectivity index (χ2v) is 8.41. The van der Waals surface area contributed by atoms with Gasteiger partial charge >= 0.3 is 0 Å². The molecule has 7 heteroatoms. The van der Waals surface area contributed by atoms with E-state index >= 15 is 0 Å². The summed E-state index contributed by atoms with van der Waals surface area (Å²) < 4.78 is 1.72. The van der Waals surface area contributed by atoms with E-state index in [1.54, 1.807) is 4.52 Å². The Morgan fingerprint density at radius 2 is 1.65 bits per heavy atom. The van der Waals surface area contributed by atoms with Gasteiger partial charge in [-0.05, 0) is 37.5 Å². The molecule has 0 aliphatic carbocycles. The molecule has 0 saturated carbocycles. The molecular weight excluding hydrogens is 406 g/mol. The van der Waals surface area contributed by atoms with E-state index in [-0.39, 0.29) is 11.7 Å². The van der Waals surface area contributed by atoms with Crippen LogP contribution in [0, 0.1) is 13.8 Å². The summed E-state index contributed by atoms with van der Waals surface area (Å²) in [6, 6.07) is 22.3. The smallest absolute Gasteiger partial charge is 0.253 e. The highest BCUT2D eigenvalue weighted by Crippen LogP contribution is 2.17. The minimum Gasteiger partial charge on any atom is -0.337 e. The lowest BCUT2D eigenvalue weighted by atomic mass is 10.1. The average molecular weight is 432 g/mol. The van der Waals surface area contributed by atoms with Crippen molar-refractivity contribution < 1.29 is 4.79 Å². The summed E-state index contributed by atoms with van der Waals surface area (Å²) >= 11 is 1.36. The van der Waals surface area contributed by atoms with E-state index in [9.17, 15) is 4.79 Å². The fourth-order valence-electron chi connectivity index (χ4n) is 3.43. The molecule has 4 rings (SSSR count). The van der Waals surface area contributed by atoms with E-state index in [4.69, 9.17) is 0 Å². The Labute approximate surface area is 186 Å². The van der Waals surface area contributed by atoms with Gasteiger partial charge in [-0.3, -0.25) is 4.79 Å². The molecule has 0 unspecified atom stereocenters. The molecule has 2 aromatic carbocycles. The molecule has 1 amide bonds. The third kappa shape index (κ3) is 5.49. The summed E-state index contributed by atoms with van der Waals surface area (Å²) in [5.41, 5.74) is 4.22. The van der Waals surface area contributed by atoms with Crippen LogP contribution in [-0.2, 0) is 17.8 Å². The average Bonchev–Trinajstić information content (AvgIpc) is 3.19. The maximum atomic E-state index is 13.1. The summed E-state index contributed by atoms with van der Waals surface area (Å²) in [6.45, 7) is 5.16. The second-order valence-electron chi connectivity index (χ2n) is 7.47. The Bertz CT molecular complexity index is 1160. The largest absolute Gasteiger partial charge is 0.337 e. The Hall–Kier alpha value is -3.19. The molecule has 0 spiro atoms. The lowest BCUT2D eigenvalue weighted by molar-refractivity contribution is -0.128. The molecule has 2 aromatic heterocycles. The molecule has 0 saturated heterocycles. The van der Waals surface area contributed by atoms with Gasteiger partial charge in [-0.25, -0.2) is 9.50 Å². The molecule has 2 heterocycles. The van der Waals surface area contributed by atoms with E-state index < -0.39 is 0 Å². The van der Waals surface area contributed by atoms with Crippen molar-refractivity contribution in [2.75, 3.05) is 12.3 Å². The van der Waals surface area contributed by atoms with Gasteiger partial charge in [0.25, 0.3) is 5.78 Å². The standard InChI is InChI=1S/C24H25N5OS/c1-18-15-19(2)29-23(25-18)26-24(27-29)31-17-22(30)28(16-21-11-7-4-8-12-21)14-13-20-9-5-3-6-10-20/h3-12,15H,13-14,16-17H2,1-2H3. The van der Waals surface area contributed by atoms with Gasteiger partial charge in [0.2, 0.25) is 11.1 Å². The normalized spacial score (nSPS) is 11.0. The Kier molecular flexibility index (Phi) is 6.62. The molecule has 0 aliphatic heterocycles. The predicted molar refractivity (Wildman–Crippen MR) is 123 cm³/mol. The van der Waals surface area contributed by atoms with Crippen LogP contribution in [0.15, 0.2) is 71.9 Å². The van der Waals surface area contributed by atoms with Crippen LogP contribution in [0.1, 0.15) is 22.5 Å². The van der Waals surface area contributed by atoms with Crippen LogP contribution in [0.2, 0.25) is 0 Å². The number of aromatic nitrogens is 4. The Morgan fingerprint density at radius 1 is 0.968 bits per heavy atom. The van der Waals surface area contributed by atoms with E-state index in [1.807, 2.05) is 61.2 Å². The van der Waals surface area contributed by atoms with Crippen molar-refractivity contribution in [3.8, 4) is 0 Å². The van der Waals surface area contributed by atoms with Gasteiger partial charge in [-0.2, -0.15) is 4.98 Å².